The number of primary amides is 1. The van der Waals surface area contributed by atoms with Crippen LogP contribution in [0.25, 0.3) is 0 Å². The summed E-state index contributed by atoms with van der Waals surface area (Å²) in [6.07, 6.45) is 4.15. The molecule has 0 aromatic rings. The Balaban J connectivity index is 2.11. The maximum atomic E-state index is 11.1. The molecule has 0 aromatic heterocycles. The van der Waals surface area contributed by atoms with E-state index in [1.807, 2.05) is 6.08 Å². The zero-order valence-electron chi connectivity index (χ0n) is 7.78. The molecule has 3 heteroatoms. The number of amides is 1. The molecule has 3 nitrogen and oxygen atoms in total. The number of carbonyl (C=O) groups is 1. The molecule has 1 unspecified atom stereocenters. The molecule has 0 aliphatic carbocycles. The second-order valence-electron chi connectivity index (χ2n) is 4.10. The van der Waals surface area contributed by atoms with Crippen molar-refractivity contribution < 1.29 is 4.79 Å². The van der Waals surface area contributed by atoms with E-state index < -0.39 is 0 Å². The average molecular weight is 180 g/mol. The maximum absolute atomic E-state index is 11.1. The fourth-order valence-corrected chi connectivity index (χ4v) is 2.63. The van der Waals surface area contributed by atoms with Gasteiger partial charge in [0.2, 0.25) is 5.91 Å². The van der Waals surface area contributed by atoms with E-state index >= 15 is 0 Å². The monoisotopic (exact) mass is 180 g/mol. The number of hydrogen-bond donors (Lipinski definition) is 1. The van der Waals surface area contributed by atoms with Crippen LogP contribution < -0.4 is 5.73 Å². The van der Waals surface area contributed by atoms with Gasteiger partial charge in [0.1, 0.15) is 0 Å². The molecular formula is C10H16N2O. The molecule has 3 aliphatic heterocycles. The van der Waals surface area contributed by atoms with Crippen molar-refractivity contribution in [2.75, 3.05) is 13.1 Å². The number of nitrogens with two attached hydrogens (primary N) is 1. The van der Waals surface area contributed by atoms with Gasteiger partial charge in [0.05, 0.1) is 6.04 Å². The van der Waals surface area contributed by atoms with Crippen LogP contribution in [-0.4, -0.2) is 29.9 Å². The van der Waals surface area contributed by atoms with Gasteiger partial charge in [-0.1, -0.05) is 6.08 Å². The Labute approximate surface area is 78.6 Å². The van der Waals surface area contributed by atoms with Gasteiger partial charge in [-0.3, -0.25) is 9.69 Å². The Kier molecular flexibility index (Phi) is 2.12. The number of fused-ring (bicyclic) bond motifs is 3. The maximum Gasteiger partial charge on any atom is 0.234 e. The Bertz CT molecular complexity index is 239. The Morgan fingerprint density at radius 3 is 2.85 bits per heavy atom. The summed E-state index contributed by atoms with van der Waals surface area (Å²) in [5.41, 5.74) is 5.33. The minimum Gasteiger partial charge on any atom is -0.368 e. The Morgan fingerprint density at radius 2 is 2.38 bits per heavy atom. The summed E-state index contributed by atoms with van der Waals surface area (Å²) < 4.78 is 0. The van der Waals surface area contributed by atoms with Gasteiger partial charge in [-0.15, -0.1) is 6.58 Å². The molecule has 0 aromatic carbocycles. The van der Waals surface area contributed by atoms with E-state index in [1.165, 1.54) is 6.42 Å². The molecule has 72 valence electrons. The first-order valence-corrected chi connectivity index (χ1v) is 4.88. The van der Waals surface area contributed by atoms with E-state index in [9.17, 15) is 4.79 Å². The van der Waals surface area contributed by atoms with Gasteiger partial charge in [0.25, 0.3) is 0 Å². The van der Waals surface area contributed by atoms with Crippen molar-refractivity contribution in [3.63, 3.8) is 0 Å². The third-order valence-corrected chi connectivity index (χ3v) is 3.44. The van der Waals surface area contributed by atoms with E-state index in [1.54, 1.807) is 0 Å². The van der Waals surface area contributed by atoms with E-state index in [4.69, 9.17) is 5.73 Å². The lowest BCUT2D eigenvalue weighted by molar-refractivity contribution is -0.128. The summed E-state index contributed by atoms with van der Waals surface area (Å²) in [6.45, 7) is 5.83. The van der Waals surface area contributed by atoms with E-state index in [0.29, 0.717) is 11.8 Å². The van der Waals surface area contributed by atoms with E-state index in [0.717, 1.165) is 19.5 Å². The van der Waals surface area contributed by atoms with Crippen molar-refractivity contribution in [3.05, 3.63) is 12.7 Å². The topological polar surface area (TPSA) is 46.3 Å². The lowest BCUT2D eigenvalue weighted by Gasteiger charge is -2.47. The molecule has 3 saturated heterocycles. The highest BCUT2D eigenvalue weighted by Crippen LogP contribution is 2.36. The smallest absolute Gasteiger partial charge is 0.234 e. The molecule has 2 N–H and O–H groups in total. The van der Waals surface area contributed by atoms with Gasteiger partial charge in [-0.25, -0.2) is 0 Å². The number of nitrogens with zero attached hydrogens (tertiary/aromatic N) is 1. The first kappa shape index (κ1) is 8.75. The van der Waals surface area contributed by atoms with E-state index in [-0.39, 0.29) is 11.9 Å². The zero-order chi connectivity index (χ0) is 9.42. The van der Waals surface area contributed by atoms with Crippen molar-refractivity contribution in [2.24, 2.45) is 17.6 Å². The third-order valence-electron chi connectivity index (χ3n) is 3.44. The molecule has 0 spiro atoms. The van der Waals surface area contributed by atoms with Crippen molar-refractivity contribution in [1.82, 2.24) is 4.90 Å². The van der Waals surface area contributed by atoms with Crippen LogP contribution in [0, 0.1) is 11.8 Å². The van der Waals surface area contributed by atoms with Crippen LogP contribution in [-0.2, 0) is 4.79 Å². The molecule has 3 fully saturated rings. The third kappa shape index (κ3) is 1.37. The SMILES string of the molecule is C=C[C@H]1CN2CC[C@@H]1C[C@H]2C(N)=O. The zero-order valence-corrected chi connectivity index (χ0v) is 7.78. The summed E-state index contributed by atoms with van der Waals surface area (Å²) in [4.78, 5) is 13.3. The quantitative estimate of drug-likeness (QED) is 0.624. The summed E-state index contributed by atoms with van der Waals surface area (Å²) in [6, 6.07) is -0.00468. The molecule has 2 bridgehead atoms. The number of piperidine rings is 3. The minimum atomic E-state index is -0.160. The Morgan fingerprint density at radius 1 is 1.62 bits per heavy atom. The molecule has 3 rings (SSSR count). The fraction of sp³-hybridized carbons (Fsp3) is 0.700. The normalized spacial score (nSPS) is 43.1. The highest BCUT2D eigenvalue weighted by Gasteiger charge is 2.40. The van der Waals surface area contributed by atoms with Gasteiger partial charge in [-0.05, 0) is 31.2 Å². The number of rotatable bonds is 2. The fourth-order valence-electron chi connectivity index (χ4n) is 2.63. The number of hydrogen-bond acceptors (Lipinski definition) is 2. The first-order valence-electron chi connectivity index (χ1n) is 4.88. The molecule has 1 amide bonds. The van der Waals surface area contributed by atoms with Gasteiger partial charge >= 0.3 is 0 Å². The van der Waals surface area contributed by atoms with Crippen LogP contribution in [0.3, 0.4) is 0 Å². The van der Waals surface area contributed by atoms with Crippen LogP contribution >= 0.6 is 0 Å². The Hall–Kier alpha value is -0.830. The van der Waals surface area contributed by atoms with Gasteiger partial charge in [-0.2, -0.15) is 0 Å². The van der Waals surface area contributed by atoms with Crippen molar-refractivity contribution in [1.29, 1.82) is 0 Å². The predicted octanol–water partition coefficient (Wildman–Crippen LogP) is 0.368. The van der Waals surface area contributed by atoms with Crippen LogP contribution in [0.5, 0.6) is 0 Å². The molecular weight excluding hydrogens is 164 g/mol. The molecule has 13 heavy (non-hydrogen) atoms. The minimum absolute atomic E-state index is 0.00468. The lowest BCUT2D eigenvalue weighted by Crippen LogP contribution is -2.57. The standard InChI is InChI=1S/C10H16N2O/c1-2-7-6-12-4-3-8(7)5-9(12)10(11)13/h2,7-9H,1,3-6H2,(H2,11,13)/t7-,8+,9-/m0/s1. The van der Waals surface area contributed by atoms with Crippen LogP contribution in [0.1, 0.15) is 12.8 Å². The summed E-state index contributed by atoms with van der Waals surface area (Å²) in [7, 11) is 0. The van der Waals surface area contributed by atoms with Crippen molar-refractivity contribution in [3.8, 4) is 0 Å². The second kappa shape index (κ2) is 3.14. The molecule has 0 saturated carbocycles. The summed E-state index contributed by atoms with van der Waals surface area (Å²) in [5, 5.41) is 0. The van der Waals surface area contributed by atoms with E-state index in [2.05, 4.69) is 11.5 Å². The second-order valence-corrected chi connectivity index (χ2v) is 4.10. The average Bonchev–Trinajstić information content (AvgIpc) is 2.18. The lowest BCUT2D eigenvalue weighted by atomic mass is 9.75. The van der Waals surface area contributed by atoms with Crippen molar-refractivity contribution in [2.45, 2.75) is 18.9 Å². The summed E-state index contributed by atoms with van der Waals surface area (Å²) in [5.74, 6) is 1.05. The van der Waals surface area contributed by atoms with Gasteiger partial charge in [0, 0.05) is 6.54 Å². The predicted molar refractivity (Wildman–Crippen MR) is 51.0 cm³/mol. The first-order chi connectivity index (χ1) is 6.22. The summed E-state index contributed by atoms with van der Waals surface area (Å²) >= 11 is 0. The highest BCUT2D eigenvalue weighted by molar-refractivity contribution is 5.80. The number of carbonyl (C=O) groups excluding carboxylic acids is 1. The van der Waals surface area contributed by atoms with Crippen molar-refractivity contribution >= 4 is 5.91 Å². The molecule has 4 atom stereocenters. The largest absolute Gasteiger partial charge is 0.368 e. The van der Waals surface area contributed by atoms with Crippen LogP contribution in [0.15, 0.2) is 12.7 Å². The van der Waals surface area contributed by atoms with Gasteiger partial charge < -0.3 is 5.73 Å². The molecule has 3 heterocycles. The molecule has 0 radical (unpaired) electrons. The highest BCUT2D eigenvalue weighted by atomic mass is 16.1. The van der Waals surface area contributed by atoms with Crippen LogP contribution in [0.4, 0.5) is 0 Å². The molecule has 3 aliphatic rings. The van der Waals surface area contributed by atoms with Crippen LogP contribution in [0.2, 0.25) is 0 Å². The van der Waals surface area contributed by atoms with Gasteiger partial charge in [0.15, 0.2) is 0 Å².